The summed E-state index contributed by atoms with van der Waals surface area (Å²) in [5.74, 6) is 5.67. The van der Waals surface area contributed by atoms with E-state index in [1.807, 2.05) is 23.5 Å². The second kappa shape index (κ2) is 14.9. The Labute approximate surface area is 244 Å². The number of nitrogens with one attached hydrogen (secondary N) is 2. The summed E-state index contributed by atoms with van der Waals surface area (Å²) in [5.41, 5.74) is 15.6. The summed E-state index contributed by atoms with van der Waals surface area (Å²) in [5, 5.41) is 6.23. The first-order valence-corrected chi connectivity index (χ1v) is 13.8. The maximum Gasteiger partial charge on any atom is 0.251 e. The Morgan fingerprint density at radius 1 is 1.12 bits per heavy atom. The normalized spacial score (nSPS) is 10.8. The number of carbonyl (C=O) groups is 1. The molecule has 10 nitrogen and oxygen atoms in total. The van der Waals surface area contributed by atoms with Crippen molar-refractivity contribution in [2.45, 2.75) is 26.7 Å². The zero-order chi connectivity index (χ0) is 29.9. The largest absolute Gasteiger partial charge is 0.478 e. The molecule has 6 N–H and O–H groups in total. The van der Waals surface area contributed by atoms with Crippen LogP contribution in [0.5, 0.6) is 5.75 Å². The van der Waals surface area contributed by atoms with E-state index in [4.69, 9.17) is 20.9 Å². The number of hydrogen-bond acceptors (Lipinski definition) is 8. The maximum absolute atomic E-state index is 15.2. The first kappa shape index (κ1) is 30.5. The molecule has 0 bridgehead atoms. The standard InChI is InChI=1S/C31H36FN7O3/c1-3-22-19-23(7-8-25(22)31(40)36-13-6-11-33)38-29-30-37-20-26(39(30)15-14-35-29)24-9-10-27(28(32)21(24)2)42-17-5-4-16-41-18-12-34/h7-10,14-15,19-20H,3,6,11-13,16-18,33-34H2,1-2H3,(H,35,38)(H,36,40). The number of nitrogens with two attached hydrogens (primary N) is 2. The fourth-order valence-electron chi connectivity index (χ4n) is 4.40. The molecule has 0 unspecified atom stereocenters. The molecule has 0 fully saturated rings. The molecule has 0 aliphatic rings. The number of carbonyl (C=O) groups excluding carboxylic acids is 1. The van der Waals surface area contributed by atoms with Crippen LogP contribution in [-0.4, -0.2) is 59.7 Å². The molecule has 1 amide bonds. The van der Waals surface area contributed by atoms with Crippen molar-refractivity contribution >= 4 is 23.1 Å². The minimum absolute atomic E-state index is 0.0394. The summed E-state index contributed by atoms with van der Waals surface area (Å²) in [6.45, 7) is 5.91. The third-order valence-corrected chi connectivity index (χ3v) is 6.58. The average Bonchev–Trinajstić information content (AvgIpc) is 3.43. The van der Waals surface area contributed by atoms with Crippen LogP contribution in [0, 0.1) is 24.6 Å². The third-order valence-electron chi connectivity index (χ3n) is 6.58. The van der Waals surface area contributed by atoms with Gasteiger partial charge < -0.3 is 31.6 Å². The molecule has 0 aliphatic heterocycles. The molecule has 4 rings (SSSR count). The van der Waals surface area contributed by atoms with Gasteiger partial charge in [0.05, 0.1) is 18.5 Å². The molecule has 2 aromatic carbocycles. The van der Waals surface area contributed by atoms with Crippen LogP contribution in [0.1, 0.15) is 34.8 Å². The van der Waals surface area contributed by atoms with Gasteiger partial charge in [0.25, 0.3) is 5.91 Å². The second-order valence-corrected chi connectivity index (χ2v) is 9.40. The lowest BCUT2D eigenvalue weighted by Crippen LogP contribution is -2.26. The SMILES string of the molecule is CCc1cc(Nc2nccn3c(-c4ccc(OCC#CCOCCN)c(F)c4C)cnc23)ccc1C(=O)NCCCN. The smallest absolute Gasteiger partial charge is 0.251 e. The number of ether oxygens (including phenoxy) is 2. The zero-order valence-corrected chi connectivity index (χ0v) is 23.9. The van der Waals surface area contributed by atoms with Gasteiger partial charge in [-0.05, 0) is 67.8 Å². The zero-order valence-electron chi connectivity index (χ0n) is 23.9. The molecular weight excluding hydrogens is 537 g/mol. The predicted molar refractivity (Wildman–Crippen MR) is 161 cm³/mol. The number of benzene rings is 2. The number of hydrogen-bond donors (Lipinski definition) is 4. The quantitative estimate of drug-likeness (QED) is 0.140. The van der Waals surface area contributed by atoms with Crippen LogP contribution >= 0.6 is 0 Å². The number of rotatable bonds is 13. The van der Waals surface area contributed by atoms with Crippen molar-refractivity contribution < 1.29 is 18.7 Å². The van der Waals surface area contributed by atoms with E-state index >= 15 is 4.39 Å². The highest BCUT2D eigenvalue weighted by molar-refractivity contribution is 5.96. The molecule has 2 heterocycles. The molecular formula is C31H36FN7O3. The average molecular weight is 574 g/mol. The van der Waals surface area contributed by atoms with Crippen molar-refractivity contribution in [3.8, 4) is 28.8 Å². The molecule has 0 saturated carbocycles. The van der Waals surface area contributed by atoms with Gasteiger partial charge in [-0.15, -0.1) is 0 Å². The van der Waals surface area contributed by atoms with Crippen molar-refractivity contribution in [3.63, 3.8) is 0 Å². The van der Waals surface area contributed by atoms with Gasteiger partial charge in [-0.2, -0.15) is 0 Å². The molecule has 0 saturated heterocycles. The molecule has 0 spiro atoms. The van der Waals surface area contributed by atoms with Gasteiger partial charge in [-0.25, -0.2) is 14.4 Å². The van der Waals surface area contributed by atoms with Crippen molar-refractivity contribution in [1.82, 2.24) is 19.7 Å². The van der Waals surface area contributed by atoms with E-state index < -0.39 is 5.82 Å². The van der Waals surface area contributed by atoms with Gasteiger partial charge in [0.2, 0.25) is 0 Å². The minimum atomic E-state index is -0.463. The van der Waals surface area contributed by atoms with Crippen molar-refractivity contribution in [1.29, 1.82) is 0 Å². The summed E-state index contributed by atoms with van der Waals surface area (Å²) in [6, 6.07) is 8.95. The maximum atomic E-state index is 15.2. The lowest BCUT2D eigenvalue weighted by molar-refractivity contribution is 0.0952. The molecule has 0 atom stereocenters. The number of aryl methyl sites for hydroxylation is 1. The lowest BCUT2D eigenvalue weighted by Gasteiger charge is -2.13. The Morgan fingerprint density at radius 2 is 1.95 bits per heavy atom. The Balaban J connectivity index is 1.53. The fourth-order valence-corrected chi connectivity index (χ4v) is 4.40. The number of anilines is 2. The van der Waals surface area contributed by atoms with Crippen molar-refractivity contribution in [2.75, 3.05) is 44.8 Å². The highest BCUT2D eigenvalue weighted by Gasteiger charge is 2.17. The molecule has 220 valence electrons. The summed E-state index contributed by atoms with van der Waals surface area (Å²) in [4.78, 5) is 21.7. The number of imidazole rings is 1. The number of halogens is 1. The lowest BCUT2D eigenvalue weighted by atomic mass is 10.0. The van der Waals surface area contributed by atoms with Gasteiger partial charge in [0.15, 0.2) is 23.0 Å². The predicted octanol–water partition coefficient (Wildman–Crippen LogP) is 3.59. The fraction of sp³-hybridized carbons (Fsp3) is 0.323. The molecule has 11 heteroatoms. The van der Waals surface area contributed by atoms with Crippen LogP contribution in [0.15, 0.2) is 48.9 Å². The van der Waals surface area contributed by atoms with E-state index in [1.54, 1.807) is 43.7 Å². The number of nitrogens with zero attached hydrogens (tertiary/aromatic N) is 3. The van der Waals surface area contributed by atoms with E-state index in [-0.39, 0.29) is 24.9 Å². The van der Waals surface area contributed by atoms with E-state index in [1.165, 1.54) is 0 Å². The summed E-state index contributed by atoms with van der Waals surface area (Å²) in [6.07, 6.45) is 6.52. The van der Waals surface area contributed by atoms with E-state index in [9.17, 15) is 4.79 Å². The van der Waals surface area contributed by atoms with E-state index in [0.29, 0.717) is 66.5 Å². The molecule has 42 heavy (non-hydrogen) atoms. The topological polar surface area (TPSA) is 142 Å². The van der Waals surface area contributed by atoms with Crippen molar-refractivity contribution in [2.24, 2.45) is 11.5 Å². The van der Waals surface area contributed by atoms with E-state index in [0.717, 1.165) is 17.7 Å². The van der Waals surface area contributed by atoms with Gasteiger partial charge in [-0.1, -0.05) is 18.8 Å². The van der Waals surface area contributed by atoms with Gasteiger partial charge in [0.1, 0.15) is 13.2 Å². The number of amides is 1. The number of fused-ring (bicyclic) bond motifs is 1. The minimum Gasteiger partial charge on any atom is -0.478 e. The second-order valence-electron chi connectivity index (χ2n) is 9.40. The summed E-state index contributed by atoms with van der Waals surface area (Å²) < 4.78 is 27.8. The highest BCUT2D eigenvalue weighted by Crippen LogP contribution is 2.32. The first-order chi connectivity index (χ1) is 20.5. The van der Waals surface area contributed by atoms with Crippen LogP contribution < -0.4 is 26.8 Å². The van der Waals surface area contributed by atoms with Gasteiger partial charge in [-0.3, -0.25) is 9.20 Å². The van der Waals surface area contributed by atoms with E-state index in [2.05, 4.69) is 32.4 Å². The molecule has 2 aromatic heterocycles. The van der Waals surface area contributed by atoms with Crippen LogP contribution in [0.4, 0.5) is 15.9 Å². The number of aromatic nitrogens is 3. The molecule has 0 radical (unpaired) electrons. The van der Waals surface area contributed by atoms with Gasteiger partial charge in [0, 0.05) is 42.3 Å². The Bertz CT molecular complexity index is 1590. The van der Waals surface area contributed by atoms with Crippen LogP contribution in [0.25, 0.3) is 16.9 Å². The highest BCUT2D eigenvalue weighted by atomic mass is 19.1. The van der Waals surface area contributed by atoms with Crippen LogP contribution in [0.2, 0.25) is 0 Å². The third kappa shape index (κ3) is 7.22. The van der Waals surface area contributed by atoms with Crippen LogP contribution in [-0.2, 0) is 11.2 Å². The molecule has 4 aromatic rings. The monoisotopic (exact) mass is 573 g/mol. The molecule has 0 aliphatic carbocycles. The van der Waals surface area contributed by atoms with Crippen molar-refractivity contribution in [3.05, 3.63) is 71.4 Å². The summed E-state index contributed by atoms with van der Waals surface area (Å²) in [7, 11) is 0. The first-order valence-electron chi connectivity index (χ1n) is 13.8. The Hall–Kier alpha value is -4.50. The van der Waals surface area contributed by atoms with Crippen LogP contribution in [0.3, 0.4) is 0 Å². The Morgan fingerprint density at radius 3 is 2.74 bits per heavy atom. The van der Waals surface area contributed by atoms with Gasteiger partial charge >= 0.3 is 0 Å². The Kier molecular flexibility index (Phi) is 10.8. The summed E-state index contributed by atoms with van der Waals surface area (Å²) >= 11 is 0.